The number of rotatable bonds is 7. The van der Waals surface area contributed by atoms with Gasteiger partial charge in [-0.25, -0.2) is 4.79 Å². The van der Waals surface area contributed by atoms with Crippen molar-refractivity contribution >= 4 is 5.97 Å². The summed E-state index contributed by atoms with van der Waals surface area (Å²) in [5.74, 6) is 1.21. The molecule has 8 nitrogen and oxygen atoms in total. The van der Waals surface area contributed by atoms with Crippen LogP contribution in [0.2, 0.25) is 0 Å². The number of benzene rings is 3. The highest BCUT2D eigenvalue weighted by atomic mass is 16.6. The van der Waals surface area contributed by atoms with Gasteiger partial charge in [0.25, 0.3) is 0 Å². The Morgan fingerprint density at radius 2 is 1.77 bits per heavy atom. The molecule has 4 rings (SSSR count). The zero-order valence-corrected chi connectivity index (χ0v) is 19.5. The molecule has 0 spiro atoms. The number of hydrogen-bond donors (Lipinski definition) is 1. The molecule has 1 aliphatic rings. The number of esters is 1. The third kappa shape index (κ3) is 4.99. The fourth-order valence-electron chi connectivity index (χ4n) is 3.88. The van der Waals surface area contributed by atoms with Crippen LogP contribution in [0.1, 0.15) is 22.6 Å². The summed E-state index contributed by atoms with van der Waals surface area (Å²) in [5.41, 5.74) is 8.76. The number of aryl methyl sites for hydroxylation is 1. The van der Waals surface area contributed by atoms with Crippen LogP contribution in [0.5, 0.6) is 28.7 Å². The van der Waals surface area contributed by atoms with Crippen molar-refractivity contribution in [1.82, 2.24) is 0 Å². The van der Waals surface area contributed by atoms with E-state index in [1.54, 1.807) is 50.6 Å². The number of carbonyl (C=O) groups excluding carboxylic acids is 1. The number of fused-ring (bicyclic) bond motifs is 1. The molecular formula is C27H24N2O6. The summed E-state index contributed by atoms with van der Waals surface area (Å²) in [6, 6.07) is 19.8. The molecule has 1 atom stereocenters. The molecule has 1 unspecified atom stereocenters. The van der Waals surface area contributed by atoms with Gasteiger partial charge in [-0.2, -0.15) is 5.26 Å². The van der Waals surface area contributed by atoms with Crippen LogP contribution in [0.4, 0.5) is 0 Å². The van der Waals surface area contributed by atoms with Crippen molar-refractivity contribution in [3.05, 3.63) is 88.8 Å². The fourth-order valence-corrected chi connectivity index (χ4v) is 3.88. The standard InChI is InChI=1S/C27H24N2O6/c1-16-5-4-6-18(11-16)33-15-25(30)34-19-8-10-21-24(13-19)35-27(29)22(14-28)26(21)20-9-7-17(31-2)12-23(20)32-3/h4-13,26H,15,29H2,1-3H3. The Labute approximate surface area is 203 Å². The quantitative estimate of drug-likeness (QED) is 0.402. The van der Waals surface area contributed by atoms with E-state index in [0.29, 0.717) is 34.1 Å². The van der Waals surface area contributed by atoms with Gasteiger partial charge in [-0.05, 0) is 36.8 Å². The molecule has 1 aliphatic heterocycles. The first-order chi connectivity index (χ1) is 16.9. The molecule has 0 saturated heterocycles. The Balaban J connectivity index is 1.60. The molecule has 1 heterocycles. The molecule has 178 valence electrons. The van der Waals surface area contributed by atoms with E-state index in [0.717, 1.165) is 5.56 Å². The van der Waals surface area contributed by atoms with E-state index >= 15 is 0 Å². The van der Waals surface area contributed by atoms with Gasteiger partial charge in [0.1, 0.15) is 40.4 Å². The predicted molar refractivity (Wildman–Crippen MR) is 128 cm³/mol. The van der Waals surface area contributed by atoms with Gasteiger partial charge >= 0.3 is 5.97 Å². The Morgan fingerprint density at radius 1 is 1.00 bits per heavy atom. The van der Waals surface area contributed by atoms with E-state index < -0.39 is 11.9 Å². The zero-order chi connectivity index (χ0) is 24.9. The average molecular weight is 472 g/mol. The van der Waals surface area contributed by atoms with Gasteiger partial charge in [-0.3, -0.25) is 0 Å². The first-order valence-electron chi connectivity index (χ1n) is 10.8. The number of nitriles is 1. The topological polar surface area (TPSA) is 113 Å². The van der Waals surface area contributed by atoms with Gasteiger partial charge in [0.15, 0.2) is 6.61 Å². The number of carbonyl (C=O) groups is 1. The lowest BCUT2D eigenvalue weighted by molar-refractivity contribution is -0.136. The Kier molecular flexibility index (Phi) is 6.78. The molecule has 2 N–H and O–H groups in total. The van der Waals surface area contributed by atoms with Crippen molar-refractivity contribution in [2.24, 2.45) is 5.73 Å². The third-order valence-electron chi connectivity index (χ3n) is 5.52. The molecular weight excluding hydrogens is 448 g/mol. The minimum absolute atomic E-state index is 0.0332. The van der Waals surface area contributed by atoms with Crippen molar-refractivity contribution in [1.29, 1.82) is 5.26 Å². The van der Waals surface area contributed by atoms with Crippen LogP contribution in [-0.4, -0.2) is 26.8 Å². The number of ether oxygens (including phenoxy) is 5. The summed E-state index contributed by atoms with van der Waals surface area (Å²) < 4.78 is 27.5. The highest BCUT2D eigenvalue weighted by Crippen LogP contribution is 2.46. The van der Waals surface area contributed by atoms with Crippen molar-refractivity contribution in [2.75, 3.05) is 20.8 Å². The second-order valence-electron chi connectivity index (χ2n) is 7.81. The van der Waals surface area contributed by atoms with Gasteiger partial charge < -0.3 is 29.4 Å². The zero-order valence-electron chi connectivity index (χ0n) is 19.5. The molecule has 0 radical (unpaired) electrons. The third-order valence-corrected chi connectivity index (χ3v) is 5.52. The van der Waals surface area contributed by atoms with E-state index in [1.807, 2.05) is 31.2 Å². The summed E-state index contributed by atoms with van der Waals surface area (Å²) >= 11 is 0. The van der Waals surface area contributed by atoms with Gasteiger partial charge in [0, 0.05) is 23.3 Å². The number of hydrogen-bond acceptors (Lipinski definition) is 8. The number of nitrogens with two attached hydrogens (primary N) is 1. The van der Waals surface area contributed by atoms with Crippen LogP contribution in [0.15, 0.2) is 72.1 Å². The van der Waals surface area contributed by atoms with Crippen molar-refractivity contribution in [2.45, 2.75) is 12.8 Å². The fraction of sp³-hybridized carbons (Fsp3) is 0.185. The summed E-state index contributed by atoms with van der Waals surface area (Å²) in [6.07, 6.45) is 0. The lowest BCUT2D eigenvalue weighted by Crippen LogP contribution is -2.22. The first kappa shape index (κ1) is 23.5. The van der Waals surface area contributed by atoms with Crippen LogP contribution in [0.25, 0.3) is 0 Å². The van der Waals surface area contributed by atoms with Crippen LogP contribution < -0.4 is 29.4 Å². The lowest BCUT2D eigenvalue weighted by atomic mass is 9.83. The predicted octanol–water partition coefficient (Wildman–Crippen LogP) is 4.21. The summed E-state index contributed by atoms with van der Waals surface area (Å²) in [5, 5.41) is 9.81. The van der Waals surface area contributed by atoms with Crippen LogP contribution in [0, 0.1) is 18.3 Å². The maximum atomic E-state index is 12.3. The molecule has 0 bridgehead atoms. The summed E-state index contributed by atoms with van der Waals surface area (Å²) in [4.78, 5) is 12.3. The molecule has 3 aromatic rings. The minimum Gasteiger partial charge on any atom is -0.497 e. The van der Waals surface area contributed by atoms with Crippen LogP contribution in [-0.2, 0) is 4.79 Å². The molecule has 0 amide bonds. The van der Waals surface area contributed by atoms with E-state index in [-0.39, 0.29) is 23.8 Å². The number of allylic oxidation sites excluding steroid dienone is 1. The molecule has 0 saturated carbocycles. The van der Waals surface area contributed by atoms with Gasteiger partial charge in [-0.15, -0.1) is 0 Å². The van der Waals surface area contributed by atoms with Crippen LogP contribution >= 0.6 is 0 Å². The summed E-state index contributed by atoms with van der Waals surface area (Å²) in [6.45, 7) is 1.68. The SMILES string of the molecule is COc1ccc(C2C(C#N)=C(N)Oc3cc(OC(=O)COc4cccc(C)c4)ccc32)c(OC)c1. The maximum absolute atomic E-state index is 12.3. The van der Waals surface area contributed by atoms with Crippen molar-refractivity contribution in [3.8, 4) is 34.8 Å². The molecule has 35 heavy (non-hydrogen) atoms. The summed E-state index contributed by atoms with van der Waals surface area (Å²) in [7, 11) is 3.10. The highest BCUT2D eigenvalue weighted by molar-refractivity contribution is 5.74. The molecule has 0 aliphatic carbocycles. The van der Waals surface area contributed by atoms with E-state index in [9.17, 15) is 10.1 Å². The monoisotopic (exact) mass is 472 g/mol. The Morgan fingerprint density at radius 3 is 2.49 bits per heavy atom. The molecule has 3 aromatic carbocycles. The van der Waals surface area contributed by atoms with E-state index in [4.69, 9.17) is 29.4 Å². The normalized spacial score (nSPS) is 14.3. The Hall–Kier alpha value is -4.64. The number of methoxy groups -OCH3 is 2. The first-order valence-corrected chi connectivity index (χ1v) is 10.8. The molecule has 0 fully saturated rings. The van der Waals surface area contributed by atoms with Gasteiger partial charge in [-0.1, -0.05) is 24.3 Å². The Bertz CT molecular complexity index is 1340. The second kappa shape index (κ2) is 10.1. The van der Waals surface area contributed by atoms with Crippen molar-refractivity contribution < 1.29 is 28.5 Å². The highest BCUT2D eigenvalue weighted by Gasteiger charge is 2.33. The number of nitrogens with zero attached hydrogens (tertiary/aromatic N) is 1. The van der Waals surface area contributed by atoms with Gasteiger partial charge in [0.2, 0.25) is 5.88 Å². The van der Waals surface area contributed by atoms with Crippen molar-refractivity contribution in [3.63, 3.8) is 0 Å². The maximum Gasteiger partial charge on any atom is 0.349 e. The van der Waals surface area contributed by atoms with Gasteiger partial charge in [0.05, 0.1) is 20.1 Å². The molecule has 0 aromatic heterocycles. The molecule has 8 heteroatoms. The van der Waals surface area contributed by atoms with E-state index in [2.05, 4.69) is 6.07 Å². The second-order valence-corrected chi connectivity index (χ2v) is 7.81. The average Bonchev–Trinajstić information content (AvgIpc) is 2.86. The largest absolute Gasteiger partial charge is 0.497 e. The lowest BCUT2D eigenvalue weighted by Gasteiger charge is -2.27. The smallest absolute Gasteiger partial charge is 0.349 e. The van der Waals surface area contributed by atoms with E-state index in [1.165, 1.54) is 0 Å². The minimum atomic E-state index is -0.572. The van der Waals surface area contributed by atoms with Crippen LogP contribution in [0.3, 0.4) is 0 Å².